The van der Waals surface area contributed by atoms with Gasteiger partial charge >= 0.3 is 29.8 Å². The average Bonchev–Trinajstić information content (AvgIpc) is 0.766. The molecule has 54 heteroatoms. The van der Waals surface area contributed by atoms with Gasteiger partial charge in [0.15, 0.2) is 68.4 Å². The molecule has 8 fully saturated rings. The van der Waals surface area contributed by atoms with Crippen molar-refractivity contribution >= 4 is 88.5 Å². The number of esters is 5. The normalized spacial score (nSPS) is 37.6. The van der Waals surface area contributed by atoms with Gasteiger partial charge < -0.3 is 215 Å². The molecule has 8 saturated heterocycles. The number of methoxy groups -OCH3 is 4. The maximum atomic E-state index is 13.8. The lowest BCUT2D eigenvalue weighted by Gasteiger charge is -2.47. The molecule has 9 rings (SSSR count). The van der Waals surface area contributed by atoms with Crippen LogP contribution in [0.2, 0.25) is 0 Å². The fraction of sp³-hybridized carbons (Fsp3) is 0.854. The van der Waals surface area contributed by atoms with Crippen molar-refractivity contribution in [1.29, 1.82) is 0 Å². The molecule has 1 aromatic carbocycles. The highest BCUT2D eigenvalue weighted by Crippen LogP contribution is 2.37. The van der Waals surface area contributed by atoms with E-state index < -0.39 is 278 Å². The lowest BCUT2D eigenvalue weighted by molar-refractivity contribution is -0.375. The molecule has 0 saturated carbocycles. The van der Waals surface area contributed by atoms with Gasteiger partial charge in [-0.05, 0) is 24.3 Å². The molecule has 18 N–H and O–H groups in total. The van der Waals surface area contributed by atoms with Crippen LogP contribution in [0.1, 0.15) is 42.5 Å². The van der Waals surface area contributed by atoms with Gasteiger partial charge in [0.2, 0.25) is 5.91 Å². The van der Waals surface area contributed by atoms with E-state index in [0.717, 1.165) is 7.11 Å². The maximum absolute atomic E-state index is 13.8. The second-order valence-electron chi connectivity index (χ2n) is 32.0. The SMILES string of the molecule is COCC1O[C@@H]2OCC3O[C@H](O[C@@H]4C(O)[C@@H](OCC5O[C@H](OC)C(O)[C@@H](OC(=O)CCSCCOCCOCCSCCC(=O)O[C@H](C2O)[C@@H]1O)[C@@H]5O)OC(CO[C@H]1OC(CO[C@H]2OC(CO[C@H]5OC(COC)[C@@H](O)[C@H](OC(=O)CCSCCC(=O)Nc6ccc(C(=O)OC)cc6)C5O)[C@@H](O)[C@H](O)C2O)[C@@H](O)[C@H](OC(=O)CCSCCOCCOCCOCCO)C1O)[C@H]4O)C(O)[C@@H](O)[C@@H]3O. The maximum Gasteiger partial charge on any atom is 0.337 e. The number of ether oxygens (including phenoxy) is 26. The Morgan fingerprint density at radius 1 is 0.404 bits per heavy atom. The summed E-state index contributed by atoms with van der Waals surface area (Å²) in [5.41, 5.74) is 0.703. The van der Waals surface area contributed by atoms with Crippen LogP contribution in [0.3, 0.4) is 0 Å². The fourth-order valence-electron chi connectivity index (χ4n) is 14.8. The van der Waals surface area contributed by atoms with Gasteiger partial charge in [-0.15, -0.1) is 0 Å². The third kappa shape index (κ3) is 34.8. The quantitative estimate of drug-likeness (QED) is 0.0166. The molecule has 0 spiro atoms. The predicted octanol–water partition coefficient (Wildman–Crippen LogP) is -8.71. The van der Waals surface area contributed by atoms with Crippen LogP contribution in [0.25, 0.3) is 0 Å². The Hall–Kier alpha value is -4.08. The molecule has 136 heavy (non-hydrogen) atoms. The number of aliphatic hydroxyl groups excluding tert-OH is 17. The van der Waals surface area contributed by atoms with Crippen molar-refractivity contribution in [2.45, 2.75) is 247 Å². The van der Waals surface area contributed by atoms with E-state index in [1.807, 2.05) is 0 Å². The zero-order valence-corrected chi connectivity index (χ0v) is 78.5. The number of fused-ring (bicyclic) bond motifs is 8. The molecule has 8 aliphatic rings. The zero-order chi connectivity index (χ0) is 98.5. The van der Waals surface area contributed by atoms with Crippen LogP contribution in [0.4, 0.5) is 5.69 Å². The molecule has 50 nitrogen and oxygen atoms in total. The highest BCUT2D eigenvalue weighted by molar-refractivity contribution is 7.99. The van der Waals surface area contributed by atoms with E-state index in [1.165, 1.54) is 92.6 Å². The van der Waals surface area contributed by atoms with Crippen LogP contribution in [-0.4, -0.2) is 531 Å². The average molecular weight is 2040 g/mol. The van der Waals surface area contributed by atoms with E-state index in [-0.39, 0.29) is 152 Å². The van der Waals surface area contributed by atoms with Crippen LogP contribution in [0, 0.1) is 0 Å². The molecule has 8 heterocycles. The number of hydrogen-bond acceptors (Lipinski definition) is 53. The molecule has 8 bridgehead atoms. The van der Waals surface area contributed by atoms with E-state index in [2.05, 4.69) is 5.32 Å². The van der Waals surface area contributed by atoms with E-state index in [0.29, 0.717) is 29.6 Å². The van der Waals surface area contributed by atoms with Crippen molar-refractivity contribution in [2.75, 3.05) is 199 Å². The number of carbonyl (C=O) groups is 6. The summed E-state index contributed by atoms with van der Waals surface area (Å²) in [5.74, 6) is -2.32. The molecule has 0 radical (unpaired) electrons. The number of thioether (sulfide) groups is 4. The van der Waals surface area contributed by atoms with Crippen LogP contribution >= 0.6 is 47.0 Å². The van der Waals surface area contributed by atoms with Crippen LogP contribution < -0.4 is 5.32 Å². The standard InChI is InChI=1S/C82H131NO49S4/c1-107-33-42-56(92)71(129-50(86)10-26-133-25-9-49(85)83-41-7-5-40(6-8-41)75(106)109-3)66(102)78(122-42)117-35-44-54(90)61(97)63(99)77(124-44)116-38-47-59(95)73(131-53(89)13-29-135-30-22-113-19-18-112-17-16-111-15-14-84)68(104)80(125-47)120-39-48-60(96)74-69(105)81(126-48)119-37-46-58(94)70(65(101)76(110-4)121-46)128-51(87)11-27-134-31-23-114-20-21-115-24-32-136-28-12-52(88)130-72-57(93)43(34-108-2)123-79(67(72)103)118-36-45-55(91)62(98)64(100)82(127-45)132-74/h5-8,42-48,54-74,76-82,84,90-105H,9-39H2,1-4H3,(H,83,85)/t42?,43?,44?,45?,46?,47?,48?,54-,55-,56-,57-,58-,59-,60-,61+,62+,63?,64?,65?,66?,67?,68?,69?,70+,71+,72+,73+,74+,76+,77+,78+,79+,80+,81+,82-/m1/s1. The fourth-order valence-corrected chi connectivity index (χ4v) is 17.9. The molecule has 1 aromatic rings. The minimum absolute atomic E-state index is 0.0287. The Bertz CT molecular complexity index is 3610. The first-order valence-electron chi connectivity index (χ1n) is 44.2. The third-order valence-corrected chi connectivity index (χ3v) is 26.1. The second-order valence-corrected chi connectivity index (χ2v) is 36.9. The largest absolute Gasteiger partial charge is 0.465 e. The van der Waals surface area contributed by atoms with Gasteiger partial charge in [0, 0.05) is 79.5 Å². The summed E-state index contributed by atoms with van der Waals surface area (Å²) in [7, 11) is 4.88. The summed E-state index contributed by atoms with van der Waals surface area (Å²) < 4.78 is 148. The van der Waals surface area contributed by atoms with Crippen molar-refractivity contribution in [3.63, 3.8) is 0 Å². The molecule has 1 amide bonds. The monoisotopic (exact) mass is 2040 g/mol. The molecule has 0 aliphatic carbocycles. The minimum Gasteiger partial charge on any atom is -0.465 e. The van der Waals surface area contributed by atoms with Gasteiger partial charge in [0.25, 0.3) is 0 Å². The first kappa shape index (κ1) is 115. The minimum atomic E-state index is -2.29. The van der Waals surface area contributed by atoms with Crippen molar-refractivity contribution in [2.24, 2.45) is 0 Å². The molecule has 8 aliphatic heterocycles. The summed E-state index contributed by atoms with van der Waals surface area (Å²) in [6, 6.07) is 6.01. The lowest BCUT2D eigenvalue weighted by Crippen LogP contribution is -2.66. The van der Waals surface area contributed by atoms with E-state index in [1.54, 1.807) is 0 Å². The zero-order valence-electron chi connectivity index (χ0n) is 75.2. The number of carbonyl (C=O) groups excluding carboxylic acids is 6. The number of aliphatic hydroxyl groups is 17. The molecular weight excluding hydrogens is 1910 g/mol. The Morgan fingerprint density at radius 2 is 0.853 bits per heavy atom. The highest BCUT2D eigenvalue weighted by Gasteiger charge is 2.57. The number of rotatable bonds is 38. The highest BCUT2D eigenvalue weighted by atomic mass is 32.2. The summed E-state index contributed by atoms with van der Waals surface area (Å²) in [5, 5.41) is 198. The Kier molecular flexibility index (Phi) is 51.5. The molecule has 782 valence electrons. The summed E-state index contributed by atoms with van der Waals surface area (Å²) in [6.45, 7) is -3.03. The summed E-state index contributed by atoms with van der Waals surface area (Å²) in [4.78, 5) is 78.2. The Labute approximate surface area is 799 Å². The van der Waals surface area contributed by atoms with Crippen LogP contribution in [0.5, 0.6) is 0 Å². The second kappa shape index (κ2) is 60.6. The van der Waals surface area contributed by atoms with E-state index in [9.17, 15) is 110 Å². The van der Waals surface area contributed by atoms with Crippen LogP contribution in [0.15, 0.2) is 24.3 Å². The van der Waals surface area contributed by atoms with E-state index in [4.69, 9.17) is 128 Å². The number of hydrogen-bond donors (Lipinski definition) is 18. The van der Waals surface area contributed by atoms with Gasteiger partial charge in [-0.3, -0.25) is 24.0 Å². The van der Waals surface area contributed by atoms with Crippen molar-refractivity contribution in [3.05, 3.63) is 29.8 Å². The molecular formula is C82H131NO49S4. The molecule has 14 unspecified atom stereocenters. The first-order valence-corrected chi connectivity index (χ1v) is 48.8. The Balaban J connectivity index is 0.912. The number of nitrogens with one attached hydrogen (secondary N) is 1. The number of benzene rings is 1. The van der Waals surface area contributed by atoms with Crippen LogP contribution in [-0.2, 0) is 147 Å². The summed E-state index contributed by atoms with van der Waals surface area (Å²) in [6.07, 6.45) is -68.6. The van der Waals surface area contributed by atoms with Crippen molar-refractivity contribution < 1.29 is 239 Å². The van der Waals surface area contributed by atoms with Gasteiger partial charge in [-0.1, -0.05) is 0 Å². The molecule has 35 atom stereocenters. The Morgan fingerprint density at radius 3 is 1.38 bits per heavy atom. The van der Waals surface area contributed by atoms with Crippen molar-refractivity contribution in [1.82, 2.24) is 0 Å². The first-order chi connectivity index (χ1) is 65.4. The van der Waals surface area contributed by atoms with Gasteiger partial charge in [0.1, 0.15) is 146 Å². The third-order valence-electron chi connectivity index (χ3n) is 22.3. The lowest BCUT2D eigenvalue weighted by atomic mass is 9.96. The van der Waals surface area contributed by atoms with Gasteiger partial charge in [-0.2, -0.15) is 47.0 Å². The topological polar surface area (TPSA) is 698 Å². The van der Waals surface area contributed by atoms with Crippen molar-refractivity contribution in [3.8, 4) is 0 Å². The van der Waals surface area contributed by atoms with E-state index >= 15 is 0 Å². The number of amides is 1. The smallest absolute Gasteiger partial charge is 0.337 e. The van der Waals surface area contributed by atoms with Gasteiger partial charge in [-0.25, -0.2) is 4.79 Å². The van der Waals surface area contributed by atoms with Gasteiger partial charge in [0.05, 0.1) is 157 Å². The molecule has 0 aromatic heterocycles. The summed E-state index contributed by atoms with van der Waals surface area (Å²) >= 11 is 5.15. The predicted molar refractivity (Wildman–Crippen MR) is 462 cm³/mol. The number of anilines is 1.